The molecule has 0 radical (unpaired) electrons. The van der Waals surface area contributed by atoms with E-state index in [2.05, 4.69) is 20.9 Å². The molecule has 1 heterocycles. The molecule has 66 valence electrons. The van der Waals surface area contributed by atoms with Gasteiger partial charge in [-0.05, 0) is 22.0 Å². The minimum atomic E-state index is -5.16. The van der Waals surface area contributed by atoms with Gasteiger partial charge in [0.15, 0.2) is 5.82 Å². The number of nitrogens with zero attached hydrogens (tertiary/aromatic N) is 1. The maximum atomic E-state index is 12.5. The van der Waals surface area contributed by atoms with Crippen molar-refractivity contribution >= 4 is 28.4 Å². The molecule has 8 heteroatoms. The van der Waals surface area contributed by atoms with Crippen molar-refractivity contribution in [3.8, 4) is 0 Å². The second-order valence-electron chi connectivity index (χ2n) is 2.12. The predicted molar refractivity (Wildman–Crippen MR) is 40.6 cm³/mol. The molecule has 0 aliphatic carbocycles. The largest absolute Gasteiger partial charge is 1.00 e. The maximum Gasteiger partial charge on any atom is 1.00 e. The molecule has 0 N–H and O–H groups in total. The first-order chi connectivity index (χ1) is 5.41. The molecule has 0 bridgehead atoms. The third-order valence-electron chi connectivity index (χ3n) is 1.20. The van der Waals surface area contributed by atoms with Gasteiger partial charge in [-0.3, -0.25) is 0 Å². The number of halogens is 5. The van der Waals surface area contributed by atoms with Crippen LogP contribution >= 0.6 is 15.9 Å². The minimum Gasteiger partial charge on any atom is -0.445 e. The van der Waals surface area contributed by atoms with Crippen LogP contribution in [0.25, 0.3) is 0 Å². The summed E-state index contributed by atoms with van der Waals surface area (Å²) in [5.41, 5.74) is -1.03. The average Bonchev–Trinajstić information content (AvgIpc) is 1.92. The summed E-state index contributed by atoms with van der Waals surface area (Å²) in [5.74, 6) is -1.01. The van der Waals surface area contributed by atoms with E-state index in [9.17, 15) is 17.3 Å². The van der Waals surface area contributed by atoms with Crippen molar-refractivity contribution in [2.24, 2.45) is 0 Å². The fourth-order valence-corrected chi connectivity index (χ4v) is 0.832. The van der Waals surface area contributed by atoms with Gasteiger partial charge >= 0.3 is 58.4 Å². The molecule has 1 nitrogen and oxygen atoms in total. The summed E-state index contributed by atoms with van der Waals surface area (Å²) in [7, 11) is 0. The molecule has 0 fully saturated rings. The van der Waals surface area contributed by atoms with Gasteiger partial charge in [0.05, 0.1) is 0 Å². The molecular formula is C5H2BBrF4KN. The van der Waals surface area contributed by atoms with Crippen LogP contribution in [0.2, 0.25) is 0 Å². The average molecular weight is 282 g/mol. The zero-order valence-corrected chi connectivity index (χ0v) is 11.3. The minimum absolute atomic E-state index is 0. The maximum absolute atomic E-state index is 12.5. The number of pyridine rings is 1. The monoisotopic (exact) mass is 281 g/mol. The van der Waals surface area contributed by atoms with Crippen molar-refractivity contribution in [3.05, 3.63) is 22.7 Å². The first kappa shape index (κ1) is 14.1. The molecule has 0 atom stereocenters. The van der Waals surface area contributed by atoms with Crippen molar-refractivity contribution in [2.45, 2.75) is 0 Å². The van der Waals surface area contributed by atoms with Crippen molar-refractivity contribution in [3.63, 3.8) is 0 Å². The third kappa shape index (κ3) is 3.96. The van der Waals surface area contributed by atoms with E-state index >= 15 is 0 Å². The Morgan fingerprint density at radius 3 is 2.23 bits per heavy atom. The van der Waals surface area contributed by atoms with Gasteiger partial charge in [-0.15, -0.1) is 0 Å². The summed E-state index contributed by atoms with van der Waals surface area (Å²) < 4.78 is 48.1. The molecule has 0 aromatic carbocycles. The fraction of sp³-hybridized carbons (Fsp3) is 0. The summed E-state index contributed by atoms with van der Waals surface area (Å²) in [5, 5.41) is 0. The smallest absolute Gasteiger partial charge is 0.445 e. The molecular weight excluding hydrogens is 280 g/mol. The second-order valence-corrected chi connectivity index (χ2v) is 2.87. The van der Waals surface area contributed by atoms with Crippen LogP contribution in [-0.4, -0.2) is 12.0 Å². The van der Waals surface area contributed by atoms with E-state index in [0.717, 1.165) is 0 Å². The molecule has 13 heavy (non-hydrogen) atoms. The molecule has 0 aliphatic heterocycles. The molecule has 0 amide bonds. The van der Waals surface area contributed by atoms with E-state index in [0.29, 0.717) is 12.3 Å². The number of hydrogen-bond donors (Lipinski definition) is 0. The Morgan fingerprint density at radius 2 is 1.85 bits per heavy atom. The van der Waals surface area contributed by atoms with E-state index in [4.69, 9.17) is 0 Å². The van der Waals surface area contributed by atoms with Gasteiger partial charge in [0.1, 0.15) is 4.60 Å². The van der Waals surface area contributed by atoms with Crippen molar-refractivity contribution in [1.29, 1.82) is 0 Å². The van der Waals surface area contributed by atoms with Gasteiger partial charge in [0.2, 0.25) is 0 Å². The first-order valence-electron chi connectivity index (χ1n) is 2.92. The van der Waals surface area contributed by atoms with E-state index in [-0.39, 0.29) is 56.0 Å². The zero-order valence-electron chi connectivity index (χ0n) is 6.57. The van der Waals surface area contributed by atoms with Crippen molar-refractivity contribution < 1.29 is 68.7 Å². The van der Waals surface area contributed by atoms with E-state index in [1.54, 1.807) is 0 Å². The Bertz CT molecular complexity index is 305. The van der Waals surface area contributed by atoms with E-state index in [1.807, 2.05) is 0 Å². The van der Waals surface area contributed by atoms with Gasteiger partial charge in [-0.25, -0.2) is 9.37 Å². The van der Waals surface area contributed by atoms with E-state index in [1.165, 1.54) is 0 Å². The molecule has 1 rings (SSSR count). The Kier molecular flexibility index (Phi) is 5.64. The van der Waals surface area contributed by atoms with Crippen LogP contribution in [0.15, 0.2) is 16.9 Å². The van der Waals surface area contributed by atoms with Crippen LogP contribution in [0.1, 0.15) is 0 Å². The van der Waals surface area contributed by atoms with Gasteiger partial charge in [-0.1, -0.05) is 5.46 Å². The summed E-state index contributed by atoms with van der Waals surface area (Å²) in [4.78, 5) is 3.18. The van der Waals surface area contributed by atoms with E-state index < -0.39 is 18.3 Å². The second kappa shape index (κ2) is 5.22. The Hall–Kier alpha value is 1.05. The Balaban J connectivity index is 0.00000144. The predicted octanol–water partition coefficient (Wildman–Crippen LogP) is -0.958. The summed E-state index contributed by atoms with van der Waals surface area (Å²) in [6.45, 7) is -5.16. The van der Waals surface area contributed by atoms with Crippen LogP contribution < -0.4 is 56.8 Å². The van der Waals surface area contributed by atoms with Crippen LogP contribution in [0.3, 0.4) is 0 Å². The van der Waals surface area contributed by atoms with Gasteiger partial charge in [-0.2, -0.15) is 0 Å². The molecule has 1 aromatic heterocycles. The van der Waals surface area contributed by atoms with Crippen LogP contribution in [-0.2, 0) is 0 Å². The Morgan fingerprint density at radius 1 is 1.31 bits per heavy atom. The Labute approximate surface area is 123 Å². The SMILES string of the molecule is Fc1cc([B-](F)(F)F)cnc1Br.[K+]. The van der Waals surface area contributed by atoms with Gasteiger partial charge in [0, 0.05) is 6.20 Å². The van der Waals surface area contributed by atoms with Crippen molar-refractivity contribution in [2.75, 3.05) is 0 Å². The molecule has 0 unspecified atom stereocenters. The van der Waals surface area contributed by atoms with Crippen LogP contribution in [0.5, 0.6) is 0 Å². The summed E-state index contributed by atoms with van der Waals surface area (Å²) >= 11 is 2.65. The number of aromatic nitrogens is 1. The van der Waals surface area contributed by atoms with Gasteiger partial charge in [0.25, 0.3) is 0 Å². The van der Waals surface area contributed by atoms with Gasteiger partial charge < -0.3 is 12.9 Å². The number of hydrogen-bond acceptors (Lipinski definition) is 1. The quantitative estimate of drug-likeness (QED) is 0.367. The molecule has 1 aromatic rings. The molecule has 0 aliphatic rings. The molecule has 0 saturated heterocycles. The first-order valence-corrected chi connectivity index (χ1v) is 3.71. The summed E-state index contributed by atoms with van der Waals surface area (Å²) in [6, 6.07) is 0.414. The zero-order chi connectivity index (χ0) is 9.35. The number of rotatable bonds is 1. The summed E-state index contributed by atoms with van der Waals surface area (Å²) in [6.07, 6.45) is 0.590. The normalized spacial score (nSPS) is 10.8. The standard InChI is InChI=1S/C5H2BBrF4N.K/c7-5-4(8)1-3(2-12-5)6(9,10)11;/h1-2H;/q-1;+1. The van der Waals surface area contributed by atoms with Crippen LogP contribution in [0.4, 0.5) is 17.3 Å². The topological polar surface area (TPSA) is 12.9 Å². The molecule has 0 saturated carbocycles. The van der Waals surface area contributed by atoms with Crippen LogP contribution in [0, 0.1) is 5.82 Å². The van der Waals surface area contributed by atoms with Crippen molar-refractivity contribution in [1.82, 2.24) is 4.98 Å². The molecule has 0 spiro atoms. The fourth-order valence-electron chi connectivity index (χ4n) is 0.615. The third-order valence-corrected chi connectivity index (χ3v) is 1.78.